The van der Waals surface area contributed by atoms with Crippen molar-refractivity contribution in [2.24, 2.45) is 0 Å². The van der Waals surface area contributed by atoms with E-state index in [1.165, 1.54) is 22.3 Å². The van der Waals surface area contributed by atoms with Crippen molar-refractivity contribution in [1.82, 2.24) is 4.98 Å². The number of nitrogens with zero attached hydrogens (tertiary/aromatic N) is 1. The Morgan fingerprint density at radius 1 is 0.550 bits per heavy atom. The van der Waals surface area contributed by atoms with Gasteiger partial charge in [0.15, 0.2) is 0 Å². The normalized spacial score (nSPS) is 10.4. The molecule has 1 nitrogen and oxygen atoms in total. The third-order valence-corrected chi connectivity index (χ3v) is 3.51. The van der Waals surface area contributed by atoms with Crippen LogP contribution >= 0.6 is 0 Å². The number of hydrogen-bond acceptors (Lipinski definition) is 1. The highest BCUT2D eigenvalue weighted by molar-refractivity contribution is 5.63. The predicted octanol–water partition coefficient (Wildman–Crippen LogP) is 4.53. The first-order valence-electron chi connectivity index (χ1n) is 6.95. The van der Waals surface area contributed by atoms with Crippen LogP contribution < -0.4 is 0 Å². The molecule has 0 radical (unpaired) electrons. The van der Waals surface area contributed by atoms with Crippen molar-refractivity contribution >= 4 is 0 Å². The lowest BCUT2D eigenvalue weighted by Gasteiger charge is -2.05. The van der Waals surface area contributed by atoms with E-state index in [1.54, 1.807) is 0 Å². The van der Waals surface area contributed by atoms with E-state index in [9.17, 15) is 0 Å². The van der Waals surface area contributed by atoms with Crippen LogP contribution in [0.4, 0.5) is 0 Å². The van der Waals surface area contributed by atoms with Gasteiger partial charge in [0.2, 0.25) is 0 Å². The summed E-state index contributed by atoms with van der Waals surface area (Å²) in [5.74, 6) is 0. The van der Waals surface area contributed by atoms with E-state index in [1.807, 2.05) is 18.5 Å². The van der Waals surface area contributed by atoms with Crippen LogP contribution in [0.25, 0.3) is 11.1 Å². The minimum Gasteiger partial charge on any atom is -0.265 e. The SMILES string of the molecule is c1ccc(-c2ccc(CCc3ccncc3)cc2)cc1. The van der Waals surface area contributed by atoms with E-state index >= 15 is 0 Å². The highest BCUT2D eigenvalue weighted by atomic mass is 14.6. The van der Waals surface area contributed by atoms with Gasteiger partial charge in [-0.1, -0.05) is 54.6 Å². The lowest BCUT2D eigenvalue weighted by molar-refractivity contribution is 0.955. The molecule has 0 N–H and O–H groups in total. The lowest BCUT2D eigenvalue weighted by atomic mass is 10.0. The number of aryl methyl sites for hydroxylation is 2. The van der Waals surface area contributed by atoms with Crippen LogP contribution in [-0.4, -0.2) is 4.98 Å². The van der Waals surface area contributed by atoms with Gasteiger partial charge in [-0.2, -0.15) is 0 Å². The Hall–Kier alpha value is -2.41. The summed E-state index contributed by atoms with van der Waals surface area (Å²) < 4.78 is 0. The van der Waals surface area contributed by atoms with Crippen molar-refractivity contribution in [3.05, 3.63) is 90.3 Å². The van der Waals surface area contributed by atoms with Gasteiger partial charge in [-0.3, -0.25) is 4.98 Å². The summed E-state index contributed by atoms with van der Waals surface area (Å²) in [6, 6.07) is 23.5. The molecule has 3 aromatic rings. The first-order chi connectivity index (χ1) is 9.92. The van der Waals surface area contributed by atoms with E-state index in [0.717, 1.165) is 12.8 Å². The van der Waals surface area contributed by atoms with Crippen LogP contribution in [0.2, 0.25) is 0 Å². The van der Waals surface area contributed by atoms with Gasteiger partial charge in [0.05, 0.1) is 0 Å². The highest BCUT2D eigenvalue weighted by Crippen LogP contribution is 2.19. The van der Waals surface area contributed by atoms with Gasteiger partial charge in [0.1, 0.15) is 0 Å². The summed E-state index contributed by atoms with van der Waals surface area (Å²) in [6.45, 7) is 0. The fraction of sp³-hybridized carbons (Fsp3) is 0.105. The Balaban J connectivity index is 1.68. The molecule has 0 fully saturated rings. The quantitative estimate of drug-likeness (QED) is 0.670. The standard InChI is InChI=1S/C19H17N/c1-2-4-18(5-3-1)19-10-8-16(9-11-19)6-7-17-12-14-20-15-13-17/h1-5,8-15H,6-7H2. The summed E-state index contributed by atoms with van der Waals surface area (Å²) in [7, 11) is 0. The van der Waals surface area contributed by atoms with Crippen LogP contribution in [0, 0.1) is 0 Å². The molecule has 0 amide bonds. The van der Waals surface area contributed by atoms with Crippen LogP contribution in [0.3, 0.4) is 0 Å². The zero-order chi connectivity index (χ0) is 13.6. The smallest absolute Gasteiger partial charge is 0.0270 e. The number of hydrogen-bond donors (Lipinski definition) is 0. The zero-order valence-electron chi connectivity index (χ0n) is 11.4. The van der Waals surface area contributed by atoms with Crippen molar-refractivity contribution in [1.29, 1.82) is 0 Å². The third-order valence-electron chi connectivity index (χ3n) is 3.51. The molecule has 0 aliphatic rings. The van der Waals surface area contributed by atoms with Gasteiger partial charge in [0, 0.05) is 12.4 Å². The molecule has 98 valence electrons. The molecule has 1 aromatic heterocycles. The lowest BCUT2D eigenvalue weighted by Crippen LogP contribution is -1.91. The largest absolute Gasteiger partial charge is 0.265 e. The molecular formula is C19H17N. The Kier molecular flexibility index (Phi) is 3.88. The number of aromatic nitrogens is 1. The number of benzene rings is 2. The maximum atomic E-state index is 4.05. The topological polar surface area (TPSA) is 12.9 Å². The van der Waals surface area contributed by atoms with Gasteiger partial charge < -0.3 is 0 Å². The van der Waals surface area contributed by atoms with Crippen molar-refractivity contribution < 1.29 is 0 Å². The molecule has 3 rings (SSSR count). The van der Waals surface area contributed by atoms with E-state index in [4.69, 9.17) is 0 Å². The van der Waals surface area contributed by atoms with Crippen molar-refractivity contribution in [3.63, 3.8) is 0 Å². The molecule has 2 aromatic carbocycles. The maximum Gasteiger partial charge on any atom is 0.0270 e. The zero-order valence-corrected chi connectivity index (χ0v) is 11.4. The van der Waals surface area contributed by atoms with Crippen LogP contribution in [-0.2, 0) is 12.8 Å². The van der Waals surface area contributed by atoms with Gasteiger partial charge in [-0.05, 0) is 47.2 Å². The first kappa shape index (κ1) is 12.6. The summed E-state index contributed by atoms with van der Waals surface area (Å²) in [5.41, 5.74) is 5.26. The molecule has 0 bridgehead atoms. The van der Waals surface area contributed by atoms with E-state index in [0.29, 0.717) is 0 Å². The molecular weight excluding hydrogens is 242 g/mol. The summed E-state index contributed by atoms with van der Waals surface area (Å²) >= 11 is 0. The second-order valence-corrected chi connectivity index (χ2v) is 4.92. The Morgan fingerprint density at radius 2 is 1.10 bits per heavy atom. The minimum absolute atomic E-state index is 1.06. The van der Waals surface area contributed by atoms with Gasteiger partial charge in [0.25, 0.3) is 0 Å². The molecule has 0 saturated heterocycles. The number of pyridine rings is 1. The average Bonchev–Trinajstić information content (AvgIpc) is 2.55. The van der Waals surface area contributed by atoms with Crippen molar-refractivity contribution in [2.45, 2.75) is 12.8 Å². The molecule has 0 aliphatic carbocycles. The molecule has 20 heavy (non-hydrogen) atoms. The molecule has 0 atom stereocenters. The van der Waals surface area contributed by atoms with Crippen molar-refractivity contribution in [3.8, 4) is 11.1 Å². The van der Waals surface area contributed by atoms with Gasteiger partial charge in [-0.25, -0.2) is 0 Å². The maximum absolute atomic E-state index is 4.05. The van der Waals surface area contributed by atoms with E-state index in [2.05, 4.69) is 65.6 Å². The fourth-order valence-corrected chi connectivity index (χ4v) is 2.33. The summed E-state index contributed by atoms with van der Waals surface area (Å²) in [4.78, 5) is 4.05. The predicted molar refractivity (Wildman–Crippen MR) is 83.5 cm³/mol. The summed E-state index contributed by atoms with van der Waals surface area (Å²) in [5, 5.41) is 0. The van der Waals surface area contributed by atoms with Gasteiger partial charge in [-0.15, -0.1) is 0 Å². The minimum atomic E-state index is 1.06. The third kappa shape index (κ3) is 3.12. The molecule has 0 spiro atoms. The van der Waals surface area contributed by atoms with Crippen LogP contribution in [0.15, 0.2) is 79.1 Å². The van der Waals surface area contributed by atoms with Crippen LogP contribution in [0.1, 0.15) is 11.1 Å². The molecule has 1 heterocycles. The fourth-order valence-electron chi connectivity index (χ4n) is 2.33. The molecule has 0 aliphatic heterocycles. The van der Waals surface area contributed by atoms with Gasteiger partial charge >= 0.3 is 0 Å². The Morgan fingerprint density at radius 3 is 1.75 bits per heavy atom. The van der Waals surface area contributed by atoms with E-state index in [-0.39, 0.29) is 0 Å². The Labute approximate surface area is 119 Å². The van der Waals surface area contributed by atoms with Crippen LogP contribution in [0.5, 0.6) is 0 Å². The van der Waals surface area contributed by atoms with Crippen molar-refractivity contribution in [2.75, 3.05) is 0 Å². The molecule has 0 unspecified atom stereocenters. The highest BCUT2D eigenvalue weighted by Gasteiger charge is 1.98. The second-order valence-electron chi connectivity index (χ2n) is 4.92. The molecule has 1 heteroatoms. The second kappa shape index (κ2) is 6.16. The Bertz CT molecular complexity index is 642. The first-order valence-corrected chi connectivity index (χ1v) is 6.95. The average molecular weight is 259 g/mol. The summed E-state index contributed by atoms with van der Waals surface area (Å²) in [6.07, 6.45) is 5.84. The molecule has 0 saturated carbocycles. The number of rotatable bonds is 4. The monoisotopic (exact) mass is 259 g/mol. The van der Waals surface area contributed by atoms with E-state index < -0.39 is 0 Å².